The van der Waals surface area contributed by atoms with Crippen LogP contribution in [0.3, 0.4) is 0 Å². The molecule has 3 rings (SSSR count). The molecule has 0 N–H and O–H groups in total. The van der Waals surface area contributed by atoms with E-state index in [2.05, 4.69) is 85.5 Å². The standard InChI is InChI=1S/C36H53N/c1-3-5-7-9-11-13-15-22-30-37(31-23-16-14-12-10-8-6-4-2)36-34-27-21-20-26-33(34)28-29-35(36)32-24-18-17-19-25-32/h17-21,24-29H,3-16,22-23,30-31H2,1-2H3. The van der Waals surface area contributed by atoms with Crippen LogP contribution < -0.4 is 4.90 Å². The van der Waals surface area contributed by atoms with Gasteiger partial charge in [-0.15, -0.1) is 0 Å². The molecule has 0 radical (unpaired) electrons. The molecular weight excluding hydrogens is 446 g/mol. The minimum atomic E-state index is 1.17. The van der Waals surface area contributed by atoms with Gasteiger partial charge in [0, 0.05) is 24.0 Å². The first kappa shape index (κ1) is 29.3. The summed E-state index contributed by atoms with van der Waals surface area (Å²) in [5, 5.41) is 2.76. The van der Waals surface area contributed by atoms with Gasteiger partial charge in [0.1, 0.15) is 0 Å². The van der Waals surface area contributed by atoms with E-state index in [0.29, 0.717) is 0 Å². The lowest BCUT2D eigenvalue weighted by molar-refractivity contribution is 0.556. The van der Waals surface area contributed by atoms with E-state index in [9.17, 15) is 0 Å². The minimum Gasteiger partial charge on any atom is -0.371 e. The van der Waals surface area contributed by atoms with Crippen LogP contribution in [0.5, 0.6) is 0 Å². The highest BCUT2D eigenvalue weighted by molar-refractivity contribution is 6.02. The smallest absolute Gasteiger partial charge is 0.0525 e. The summed E-state index contributed by atoms with van der Waals surface area (Å²) in [6.07, 6.45) is 22.0. The predicted octanol–water partition coefficient (Wildman–Crippen LogP) is 11.6. The van der Waals surface area contributed by atoms with Crippen molar-refractivity contribution in [2.24, 2.45) is 0 Å². The third kappa shape index (κ3) is 10.2. The molecule has 0 unspecified atom stereocenters. The van der Waals surface area contributed by atoms with Crippen LogP contribution in [-0.4, -0.2) is 13.1 Å². The average Bonchev–Trinajstić information content (AvgIpc) is 2.94. The fourth-order valence-corrected chi connectivity index (χ4v) is 5.65. The van der Waals surface area contributed by atoms with Crippen LogP contribution in [0, 0.1) is 0 Å². The maximum atomic E-state index is 2.75. The van der Waals surface area contributed by atoms with E-state index in [1.165, 1.54) is 143 Å². The lowest BCUT2D eigenvalue weighted by Gasteiger charge is -2.29. The Labute approximate surface area is 228 Å². The molecule has 3 aromatic rings. The normalized spacial score (nSPS) is 11.3. The van der Waals surface area contributed by atoms with Crippen LogP contribution in [0.1, 0.15) is 117 Å². The van der Waals surface area contributed by atoms with E-state index >= 15 is 0 Å². The van der Waals surface area contributed by atoms with E-state index in [-0.39, 0.29) is 0 Å². The lowest BCUT2D eigenvalue weighted by atomic mass is 9.96. The third-order valence-electron chi connectivity index (χ3n) is 7.86. The Morgan fingerprint density at radius 1 is 0.459 bits per heavy atom. The summed E-state index contributed by atoms with van der Waals surface area (Å²) in [6.45, 7) is 6.94. The van der Waals surface area contributed by atoms with Gasteiger partial charge in [-0.3, -0.25) is 0 Å². The Bertz CT molecular complexity index is 956. The van der Waals surface area contributed by atoms with Crippen LogP contribution in [0.15, 0.2) is 66.7 Å². The number of nitrogens with zero attached hydrogens (tertiary/aromatic N) is 1. The number of hydrogen-bond acceptors (Lipinski definition) is 1. The van der Waals surface area contributed by atoms with Gasteiger partial charge in [0.05, 0.1) is 5.69 Å². The molecule has 0 bridgehead atoms. The third-order valence-corrected chi connectivity index (χ3v) is 7.86. The number of benzene rings is 3. The molecular formula is C36H53N. The second kappa shape index (κ2) is 18.1. The zero-order valence-corrected chi connectivity index (χ0v) is 24.0. The highest BCUT2D eigenvalue weighted by Gasteiger charge is 2.16. The van der Waals surface area contributed by atoms with Crippen LogP contribution in [0.25, 0.3) is 21.9 Å². The highest BCUT2D eigenvalue weighted by atomic mass is 15.1. The summed E-state index contributed by atoms with van der Waals surface area (Å²) in [5.41, 5.74) is 4.17. The Morgan fingerprint density at radius 2 is 0.946 bits per heavy atom. The van der Waals surface area contributed by atoms with Crippen molar-refractivity contribution < 1.29 is 0 Å². The Morgan fingerprint density at radius 3 is 1.51 bits per heavy atom. The van der Waals surface area contributed by atoms with Crippen molar-refractivity contribution in [3.8, 4) is 11.1 Å². The van der Waals surface area contributed by atoms with E-state index in [1.54, 1.807) is 0 Å². The lowest BCUT2D eigenvalue weighted by Crippen LogP contribution is -2.26. The maximum Gasteiger partial charge on any atom is 0.0525 e. The number of rotatable bonds is 20. The fourth-order valence-electron chi connectivity index (χ4n) is 5.65. The first-order valence-corrected chi connectivity index (χ1v) is 15.7. The number of fused-ring (bicyclic) bond motifs is 1. The van der Waals surface area contributed by atoms with Crippen molar-refractivity contribution in [1.82, 2.24) is 0 Å². The van der Waals surface area contributed by atoms with Gasteiger partial charge in [-0.05, 0) is 23.8 Å². The van der Waals surface area contributed by atoms with E-state index in [0.717, 1.165) is 0 Å². The molecule has 0 aliphatic carbocycles. The SMILES string of the molecule is CCCCCCCCCCN(CCCCCCCCCC)c1c(-c2ccccc2)ccc2ccccc12. The Balaban J connectivity index is 1.71. The highest BCUT2D eigenvalue weighted by Crippen LogP contribution is 2.38. The molecule has 0 fully saturated rings. The molecule has 0 aliphatic rings. The van der Waals surface area contributed by atoms with Crippen molar-refractivity contribution in [2.75, 3.05) is 18.0 Å². The molecule has 1 heteroatoms. The van der Waals surface area contributed by atoms with Crippen molar-refractivity contribution in [2.45, 2.75) is 117 Å². The number of hydrogen-bond donors (Lipinski definition) is 0. The topological polar surface area (TPSA) is 3.24 Å². The van der Waals surface area contributed by atoms with Gasteiger partial charge in [0.15, 0.2) is 0 Å². The number of anilines is 1. The predicted molar refractivity (Wildman–Crippen MR) is 167 cm³/mol. The zero-order valence-electron chi connectivity index (χ0n) is 24.0. The van der Waals surface area contributed by atoms with Crippen LogP contribution in [-0.2, 0) is 0 Å². The van der Waals surface area contributed by atoms with Crippen molar-refractivity contribution in [3.05, 3.63) is 66.7 Å². The van der Waals surface area contributed by atoms with E-state index in [4.69, 9.17) is 0 Å². The molecule has 37 heavy (non-hydrogen) atoms. The molecule has 0 heterocycles. The molecule has 0 saturated heterocycles. The monoisotopic (exact) mass is 499 g/mol. The van der Waals surface area contributed by atoms with Gasteiger partial charge < -0.3 is 4.90 Å². The van der Waals surface area contributed by atoms with Gasteiger partial charge in [0.25, 0.3) is 0 Å². The second-order valence-corrected chi connectivity index (χ2v) is 11.0. The van der Waals surface area contributed by atoms with Gasteiger partial charge in [-0.2, -0.15) is 0 Å². The van der Waals surface area contributed by atoms with Gasteiger partial charge >= 0.3 is 0 Å². The molecule has 0 amide bonds. The fraction of sp³-hybridized carbons (Fsp3) is 0.556. The van der Waals surface area contributed by atoms with Gasteiger partial charge in [0.2, 0.25) is 0 Å². The quantitative estimate of drug-likeness (QED) is 0.140. The zero-order chi connectivity index (χ0) is 26.0. The Kier molecular flexibility index (Phi) is 14.3. The summed E-state index contributed by atoms with van der Waals surface area (Å²) in [4.78, 5) is 2.75. The van der Waals surface area contributed by atoms with E-state index < -0.39 is 0 Å². The van der Waals surface area contributed by atoms with Crippen molar-refractivity contribution >= 4 is 16.5 Å². The van der Waals surface area contributed by atoms with Gasteiger partial charge in [-0.25, -0.2) is 0 Å². The van der Waals surface area contributed by atoms with Gasteiger partial charge in [-0.1, -0.05) is 170 Å². The summed E-state index contributed by atoms with van der Waals surface area (Å²) in [6, 6.07) is 24.7. The van der Waals surface area contributed by atoms with Crippen LogP contribution in [0.4, 0.5) is 5.69 Å². The van der Waals surface area contributed by atoms with Crippen molar-refractivity contribution in [1.29, 1.82) is 0 Å². The Hall–Kier alpha value is -2.28. The molecule has 1 nitrogen and oxygen atoms in total. The largest absolute Gasteiger partial charge is 0.371 e. The summed E-state index contributed by atoms with van der Waals surface area (Å²) in [5.74, 6) is 0. The molecule has 202 valence electrons. The molecule has 0 spiro atoms. The average molecular weight is 500 g/mol. The first-order chi connectivity index (χ1) is 18.3. The summed E-state index contributed by atoms with van der Waals surface area (Å²) in [7, 11) is 0. The molecule has 0 aliphatic heterocycles. The van der Waals surface area contributed by atoms with Crippen LogP contribution in [0.2, 0.25) is 0 Å². The van der Waals surface area contributed by atoms with Crippen LogP contribution >= 0.6 is 0 Å². The summed E-state index contributed by atoms with van der Waals surface area (Å²) >= 11 is 0. The molecule has 0 saturated carbocycles. The molecule has 0 atom stereocenters. The minimum absolute atomic E-state index is 1.17. The molecule has 3 aromatic carbocycles. The first-order valence-electron chi connectivity index (χ1n) is 15.7. The van der Waals surface area contributed by atoms with E-state index in [1.807, 2.05) is 0 Å². The maximum absolute atomic E-state index is 2.75. The number of unbranched alkanes of at least 4 members (excludes halogenated alkanes) is 14. The van der Waals surface area contributed by atoms with Crippen molar-refractivity contribution in [3.63, 3.8) is 0 Å². The molecule has 0 aromatic heterocycles. The summed E-state index contributed by atoms with van der Waals surface area (Å²) < 4.78 is 0. The second-order valence-electron chi connectivity index (χ2n) is 11.0.